The zero-order chi connectivity index (χ0) is 10.5. The molecular weight excluding hydrogens is 194 g/mol. The van der Waals surface area contributed by atoms with Crippen molar-refractivity contribution in [2.45, 2.75) is 6.54 Å². The van der Waals surface area contributed by atoms with Crippen LogP contribution in [0.2, 0.25) is 0 Å². The molecule has 2 aromatic rings. The van der Waals surface area contributed by atoms with Crippen LogP contribution in [-0.2, 0) is 6.54 Å². The van der Waals surface area contributed by atoms with Crippen molar-refractivity contribution in [2.75, 3.05) is 12.4 Å². The van der Waals surface area contributed by atoms with Crippen LogP contribution < -0.4 is 10.1 Å². The number of furan rings is 1. The van der Waals surface area contributed by atoms with Gasteiger partial charge in [0.05, 0.1) is 32.0 Å². The first-order valence-corrected chi connectivity index (χ1v) is 4.49. The van der Waals surface area contributed by atoms with Gasteiger partial charge in [0.2, 0.25) is 5.88 Å². The molecule has 0 saturated carbocycles. The van der Waals surface area contributed by atoms with Gasteiger partial charge in [-0.3, -0.25) is 4.98 Å². The molecule has 5 nitrogen and oxygen atoms in total. The third-order valence-electron chi connectivity index (χ3n) is 1.88. The van der Waals surface area contributed by atoms with Crippen molar-refractivity contribution >= 4 is 5.82 Å². The van der Waals surface area contributed by atoms with Gasteiger partial charge in [-0.25, -0.2) is 0 Å². The molecule has 0 aliphatic rings. The molecule has 0 amide bonds. The summed E-state index contributed by atoms with van der Waals surface area (Å²) in [7, 11) is 1.56. The summed E-state index contributed by atoms with van der Waals surface area (Å²) in [6.45, 7) is 0.651. The number of aromatic nitrogens is 2. The van der Waals surface area contributed by atoms with Gasteiger partial charge in [-0.15, -0.1) is 0 Å². The zero-order valence-electron chi connectivity index (χ0n) is 8.30. The van der Waals surface area contributed by atoms with Crippen molar-refractivity contribution in [1.82, 2.24) is 9.97 Å². The molecule has 0 aliphatic carbocycles. The van der Waals surface area contributed by atoms with Crippen molar-refractivity contribution in [1.29, 1.82) is 0 Å². The highest BCUT2D eigenvalue weighted by Crippen LogP contribution is 2.09. The highest BCUT2D eigenvalue weighted by molar-refractivity contribution is 5.34. The summed E-state index contributed by atoms with van der Waals surface area (Å²) in [6.07, 6.45) is 6.51. The van der Waals surface area contributed by atoms with Crippen molar-refractivity contribution < 1.29 is 9.15 Å². The normalized spacial score (nSPS) is 9.93. The molecule has 5 heteroatoms. The number of hydrogen-bond acceptors (Lipinski definition) is 5. The fraction of sp³-hybridized carbons (Fsp3) is 0.200. The van der Waals surface area contributed by atoms with Crippen LogP contribution in [-0.4, -0.2) is 17.1 Å². The second-order valence-electron chi connectivity index (χ2n) is 2.93. The Morgan fingerprint density at radius 3 is 3.13 bits per heavy atom. The highest BCUT2D eigenvalue weighted by atomic mass is 16.5. The summed E-state index contributed by atoms with van der Waals surface area (Å²) in [6, 6.07) is 1.89. The largest absolute Gasteiger partial charge is 0.480 e. The topological polar surface area (TPSA) is 60.2 Å². The van der Waals surface area contributed by atoms with Crippen LogP contribution in [0.15, 0.2) is 35.4 Å². The van der Waals surface area contributed by atoms with Gasteiger partial charge in [0.25, 0.3) is 0 Å². The fourth-order valence-electron chi connectivity index (χ4n) is 1.12. The zero-order valence-corrected chi connectivity index (χ0v) is 8.30. The van der Waals surface area contributed by atoms with E-state index in [0.29, 0.717) is 18.2 Å². The van der Waals surface area contributed by atoms with Crippen molar-refractivity contribution in [3.63, 3.8) is 0 Å². The standard InChI is InChI=1S/C10H11N3O2/c1-14-10-6-11-5-9(13-10)12-4-8-2-3-15-7-8/h2-3,5-7H,4H2,1H3,(H,12,13). The van der Waals surface area contributed by atoms with Crippen LogP contribution >= 0.6 is 0 Å². The van der Waals surface area contributed by atoms with Gasteiger partial charge in [0.15, 0.2) is 0 Å². The number of anilines is 1. The summed E-state index contributed by atoms with van der Waals surface area (Å²) in [5.74, 6) is 1.17. The SMILES string of the molecule is COc1cncc(NCc2ccoc2)n1. The monoisotopic (exact) mass is 205 g/mol. The number of rotatable bonds is 4. The van der Waals surface area contributed by atoms with E-state index in [-0.39, 0.29) is 0 Å². The van der Waals surface area contributed by atoms with E-state index in [2.05, 4.69) is 15.3 Å². The lowest BCUT2D eigenvalue weighted by Crippen LogP contribution is -2.01. The first-order valence-electron chi connectivity index (χ1n) is 4.49. The number of ether oxygens (including phenoxy) is 1. The maximum absolute atomic E-state index is 4.96. The minimum atomic E-state index is 0.493. The lowest BCUT2D eigenvalue weighted by Gasteiger charge is -2.04. The highest BCUT2D eigenvalue weighted by Gasteiger charge is 1.98. The predicted molar refractivity (Wildman–Crippen MR) is 54.6 cm³/mol. The van der Waals surface area contributed by atoms with Gasteiger partial charge in [-0.2, -0.15) is 4.98 Å². The fourth-order valence-corrected chi connectivity index (χ4v) is 1.12. The van der Waals surface area contributed by atoms with Crippen molar-refractivity contribution in [3.8, 4) is 5.88 Å². The average molecular weight is 205 g/mol. The van der Waals surface area contributed by atoms with E-state index in [4.69, 9.17) is 9.15 Å². The first kappa shape index (κ1) is 9.51. The minimum Gasteiger partial charge on any atom is -0.480 e. The Morgan fingerprint density at radius 1 is 1.47 bits per heavy atom. The molecule has 0 spiro atoms. The van der Waals surface area contributed by atoms with Crippen LogP contribution in [0, 0.1) is 0 Å². The van der Waals surface area contributed by atoms with E-state index in [1.165, 1.54) is 0 Å². The summed E-state index contributed by atoms with van der Waals surface area (Å²) < 4.78 is 9.91. The summed E-state index contributed by atoms with van der Waals surface area (Å²) in [5, 5.41) is 3.11. The second-order valence-corrected chi connectivity index (χ2v) is 2.93. The smallest absolute Gasteiger partial charge is 0.233 e. The van der Waals surface area contributed by atoms with Crippen LogP contribution in [0.1, 0.15) is 5.56 Å². The third-order valence-corrected chi connectivity index (χ3v) is 1.88. The van der Waals surface area contributed by atoms with Gasteiger partial charge < -0.3 is 14.5 Å². The van der Waals surface area contributed by atoms with Gasteiger partial charge in [-0.05, 0) is 6.07 Å². The Labute approximate surface area is 87.1 Å². The molecule has 0 saturated heterocycles. The Morgan fingerprint density at radius 2 is 2.40 bits per heavy atom. The Kier molecular flexibility index (Phi) is 2.82. The first-order chi connectivity index (χ1) is 7.38. The molecule has 2 heterocycles. The van der Waals surface area contributed by atoms with Crippen LogP contribution in [0.5, 0.6) is 5.88 Å². The average Bonchev–Trinajstić information content (AvgIpc) is 2.79. The van der Waals surface area contributed by atoms with Crippen molar-refractivity contribution in [2.24, 2.45) is 0 Å². The lowest BCUT2D eigenvalue weighted by atomic mass is 10.3. The molecule has 0 atom stereocenters. The molecule has 0 fully saturated rings. The Bertz CT molecular complexity index is 414. The molecule has 15 heavy (non-hydrogen) atoms. The summed E-state index contributed by atoms with van der Waals surface area (Å²) in [5.41, 5.74) is 1.06. The number of nitrogens with one attached hydrogen (secondary N) is 1. The third kappa shape index (κ3) is 2.46. The predicted octanol–water partition coefficient (Wildman–Crippen LogP) is 1.69. The van der Waals surface area contributed by atoms with E-state index < -0.39 is 0 Å². The Balaban J connectivity index is 1.98. The number of nitrogens with zero attached hydrogens (tertiary/aromatic N) is 2. The summed E-state index contributed by atoms with van der Waals surface area (Å²) >= 11 is 0. The molecule has 2 aromatic heterocycles. The van der Waals surface area contributed by atoms with E-state index in [0.717, 1.165) is 5.56 Å². The number of methoxy groups -OCH3 is 1. The molecule has 0 radical (unpaired) electrons. The Hall–Kier alpha value is -2.04. The maximum Gasteiger partial charge on any atom is 0.233 e. The van der Waals surface area contributed by atoms with E-state index >= 15 is 0 Å². The van der Waals surface area contributed by atoms with E-state index in [1.807, 2.05) is 6.07 Å². The minimum absolute atomic E-state index is 0.493. The van der Waals surface area contributed by atoms with E-state index in [1.54, 1.807) is 32.0 Å². The maximum atomic E-state index is 4.96. The van der Waals surface area contributed by atoms with Gasteiger partial charge in [-0.1, -0.05) is 0 Å². The van der Waals surface area contributed by atoms with Gasteiger partial charge >= 0.3 is 0 Å². The van der Waals surface area contributed by atoms with Crippen LogP contribution in [0.25, 0.3) is 0 Å². The lowest BCUT2D eigenvalue weighted by molar-refractivity contribution is 0.396. The molecule has 2 rings (SSSR count). The van der Waals surface area contributed by atoms with Crippen LogP contribution in [0.4, 0.5) is 5.82 Å². The molecular formula is C10H11N3O2. The van der Waals surface area contributed by atoms with Crippen molar-refractivity contribution in [3.05, 3.63) is 36.5 Å². The molecule has 78 valence electrons. The molecule has 0 unspecified atom stereocenters. The molecule has 0 bridgehead atoms. The second kappa shape index (κ2) is 4.45. The van der Waals surface area contributed by atoms with Gasteiger partial charge in [0.1, 0.15) is 5.82 Å². The van der Waals surface area contributed by atoms with E-state index in [9.17, 15) is 0 Å². The quantitative estimate of drug-likeness (QED) is 0.823. The van der Waals surface area contributed by atoms with Gasteiger partial charge in [0, 0.05) is 12.1 Å². The number of hydrogen-bond donors (Lipinski definition) is 1. The molecule has 0 aliphatic heterocycles. The molecule has 1 N–H and O–H groups in total. The summed E-state index contributed by atoms with van der Waals surface area (Å²) in [4.78, 5) is 8.15. The molecule has 0 aromatic carbocycles. The van der Waals surface area contributed by atoms with Crippen LogP contribution in [0.3, 0.4) is 0 Å².